The number of ether oxygens (including phenoxy) is 1. The number of aromatic carboxylic acids is 1. The van der Waals surface area contributed by atoms with Crippen molar-refractivity contribution in [2.75, 3.05) is 24.5 Å². The zero-order chi connectivity index (χ0) is 24.7. The molecule has 3 heterocycles. The molecule has 0 bridgehead atoms. The minimum Gasteiger partial charge on any atom is -0.478 e. The number of carbonyl (C=O) groups excluding carboxylic acids is 1. The Balaban J connectivity index is 1.25. The third kappa shape index (κ3) is 4.23. The van der Waals surface area contributed by atoms with Crippen molar-refractivity contribution in [3.63, 3.8) is 0 Å². The van der Waals surface area contributed by atoms with Gasteiger partial charge in [0.1, 0.15) is 5.60 Å². The van der Waals surface area contributed by atoms with E-state index in [0.717, 1.165) is 6.07 Å². The average Bonchev–Trinajstić information content (AvgIpc) is 3.43. The molecule has 1 amide bonds. The zero-order valence-electron chi connectivity index (χ0n) is 18.4. The van der Waals surface area contributed by atoms with Crippen LogP contribution in [-0.2, 0) is 11.3 Å². The second-order valence-corrected chi connectivity index (χ2v) is 8.76. The molecule has 8 nitrogen and oxygen atoms in total. The first kappa shape index (κ1) is 22.9. The lowest BCUT2D eigenvalue weighted by Crippen LogP contribution is -2.46. The lowest BCUT2D eigenvalue weighted by Gasteiger charge is -2.37. The molecule has 2 N–H and O–H groups in total. The molecule has 0 aliphatic carbocycles. The van der Waals surface area contributed by atoms with Crippen LogP contribution in [0.25, 0.3) is 11.3 Å². The Morgan fingerprint density at radius 2 is 1.80 bits per heavy atom. The summed E-state index contributed by atoms with van der Waals surface area (Å²) in [6, 6.07) is 8.09. The van der Waals surface area contributed by atoms with Crippen molar-refractivity contribution in [3.8, 4) is 11.3 Å². The van der Waals surface area contributed by atoms with Crippen LogP contribution < -0.4 is 4.90 Å². The van der Waals surface area contributed by atoms with Crippen LogP contribution in [0, 0.1) is 17.5 Å². The number of carboxylic acid groups (broad SMARTS) is 1. The van der Waals surface area contributed by atoms with E-state index in [9.17, 15) is 22.8 Å². The predicted molar refractivity (Wildman–Crippen MR) is 118 cm³/mol. The van der Waals surface area contributed by atoms with Gasteiger partial charge in [0.05, 0.1) is 24.0 Å². The second-order valence-electron chi connectivity index (χ2n) is 8.76. The van der Waals surface area contributed by atoms with Gasteiger partial charge in [-0.15, -0.1) is 0 Å². The number of halogens is 3. The molecule has 2 fully saturated rings. The molecular formula is C24H21F3N4O4. The summed E-state index contributed by atoms with van der Waals surface area (Å²) in [5.74, 6) is -5.11. The second kappa shape index (κ2) is 8.73. The highest BCUT2D eigenvalue weighted by atomic mass is 19.2. The monoisotopic (exact) mass is 486 g/mol. The predicted octanol–water partition coefficient (Wildman–Crippen LogP) is 4.18. The van der Waals surface area contributed by atoms with Gasteiger partial charge in [-0.3, -0.25) is 14.9 Å². The van der Waals surface area contributed by atoms with Gasteiger partial charge in [0.2, 0.25) is 0 Å². The summed E-state index contributed by atoms with van der Waals surface area (Å²) in [5.41, 5.74) is 0.852. The summed E-state index contributed by atoms with van der Waals surface area (Å²) in [5, 5.41) is 15.7. The highest BCUT2D eigenvalue weighted by molar-refractivity contribution is 5.92. The quantitative estimate of drug-likeness (QED) is 0.525. The fourth-order valence-corrected chi connectivity index (χ4v) is 4.61. The summed E-state index contributed by atoms with van der Waals surface area (Å²) < 4.78 is 47.1. The summed E-state index contributed by atoms with van der Waals surface area (Å²) in [6.07, 6.45) is 2.18. The van der Waals surface area contributed by atoms with Gasteiger partial charge in [-0.1, -0.05) is 0 Å². The average molecular weight is 486 g/mol. The van der Waals surface area contributed by atoms with E-state index in [0.29, 0.717) is 50.3 Å². The molecule has 3 aromatic rings. The molecule has 2 aliphatic heterocycles. The van der Waals surface area contributed by atoms with Crippen LogP contribution in [0.3, 0.4) is 0 Å². The van der Waals surface area contributed by atoms with Crippen LogP contribution in [-0.4, -0.2) is 57.5 Å². The van der Waals surface area contributed by atoms with E-state index >= 15 is 0 Å². The van der Waals surface area contributed by atoms with Gasteiger partial charge in [-0.2, -0.15) is 5.10 Å². The van der Waals surface area contributed by atoms with E-state index in [-0.39, 0.29) is 16.8 Å². The van der Waals surface area contributed by atoms with Crippen molar-refractivity contribution in [2.45, 2.75) is 25.0 Å². The molecular weight excluding hydrogens is 465 g/mol. The number of likely N-dealkylation sites (tertiary alicyclic amines) is 1. The summed E-state index contributed by atoms with van der Waals surface area (Å²) in [7, 11) is 0. The fourth-order valence-electron chi connectivity index (χ4n) is 4.61. The first-order valence-corrected chi connectivity index (χ1v) is 11.0. The summed E-state index contributed by atoms with van der Waals surface area (Å²) >= 11 is 0. The summed E-state index contributed by atoms with van der Waals surface area (Å²) in [4.78, 5) is 27.2. The van der Waals surface area contributed by atoms with Crippen LogP contribution >= 0.6 is 0 Å². The molecule has 5 rings (SSSR count). The number of carboxylic acids is 1. The molecule has 35 heavy (non-hydrogen) atoms. The SMILES string of the molecule is O=C(O)c1ccc(N2CC3(CCN(Cc4cn[nH]c4-c4ccc(F)c(F)c4F)CC3)OC2=O)cc1. The number of carbonyl (C=O) groups is 2. The van der Waals surface area contributed by atoms with Crippen LogP contribution in [0.4, 0.5) is 23.7 Å². The molecule has 182 valence electrons. The maximum Gasteiger partial charge on any atom is 0.415 e. The molecule has 0 unspecified atom stereocenters. The van der Waals surface area contributed by atoms with Crippen molar-refractivity contribution in [1.82, 2.24) is 15.1 Å². The molecule has 1 aromatic heterocycles. The molecule has 2 aromatic carbocycles. The van der Waals surface area contributed by atoms with Gasteiger partial charge in [-0.25, -0.2) is 22.8 Å². The Kier molecular flexibility index (Phi) is 5.72. The van der Waals surface area contributed by atoms with E-state index < -0.39 is 35.1 Å². The number of rotatable bonds is 5. The Morgan fingerprint density at radius 1 is 1.09 bits per heavy atom. The van der Waals surface area contributed by atoms with E-state index in [1.807, 2.05) is 0 Å². The molecule has 0 radical (unpaired) electrons. The number of hydrogen-bond acceptors (Lipinski definition) is 5. The highest BCUT2D eigenvalue weighted by Gasteiger charge is 2.47. The lowest BCUT2D eigenvalue weighted by molar-refractivity contribution is -0.000940. The van der Waals surface area contributed by atoms with E-state index in [4.69, 9.17) is 9.84 Å². The third-order valence-corrected chi connectivity index (χ3v) is 6.58. The van der Waals surface area contributed by atoms with E-state index in [1.165, 1.54) is 29.3 Å². The number of benzene rings is 2. The number of H-pyrrole nitrogens is 1. The minimum absolute atomic E-state index is 0.0980. The largest absolute Gasteiger partial charge is 0.478 e. The van der Waals surface area contributed by atoms with Crippen molar-refractivity contribution >= 4 is 17.7 Å². The van der Waals surface area contributed by atoms with Gasteiger partial charge in [-0.05, 0) is 36.4 Å². The highest BCUT2D eigenvalue weighted by Crippen LogP contribution is 2.36. The van der Waals surface area contributed by atoms with Gasteiger partial charge in [0.25, 0.3) is 0 Å². The first-order valence-electron chi connectivity index (χ1n) is 11.0. The van der Waals surface area contributed by atoms with Gasteiger partial charge in [0.15, 0.2) is 17.5 Å². The number of nitrogens with zero attached hydrogens (tertiary/aromatic N) is 3. The normalized spacial score (nSPS) is 17.7. The Labute approximate surface area is 197 Å². The van der Waals surface area contributed by atoms with Crippen molar-refractivity contribution in [2.24, 2.45) is 0 Å². The smallest absolute Gasteiger partial charge is 0.415 e. The third-order valence-electron chi connectivity index (χ3n) is 6.58. The Bertz CT molecular complexity index is 1290. The number of piperidine rings is 1. The first-order chi connectivity index (χ1) is 16.8. The standard InChI is InChI=1S/C24H21F3N4O4/c25-18-6-5-17(19(26)20(18)27)21-15(11-28-29-21)12-30-9-7-24(8-10-30)13-31(23(34)35-24)16-3-1-14(2-4-16)22(32)33/h1-6,11H,7-10,12-13H2,(H,28,29)(H,32,33). The van der Waals surface area contributed by atoms with Gasteiger partial charge < -0.3 is 9.84 Å². The molecule has 2 saturated heterocycles. The van der Waals surface area contributed by atoms with Crippen LogP contribution in [0.15, 0.2) is 42.6 Å². The van der Waals surface area contributed by atoms with Crippen LogP contribution in [0.1, 0.15) is 28.8 Å². The van der Waals surface area contributed by atoms with Crippen molar-refractivity contribution < 1.29 is 32.6 Å². The summed E-state index contributed by atoms with van der Waals surface area (Å²) in [6.45, 7) is 1.92. The Morgan fingerprint density at radius 3 is 2.49 bits per heavy atom. The minimum atomic E-state index is -1.53. The number of aromatic amines is 1. The lowest BCUT2D eigenvalue weighted by atomic mass is 9.91. The molecule has 2 aliphatic rings. The van der Waals surface area contributed by atoms with Crippen LogP contribution in [0.5, 0.6) is 0 Å². The Hall–Kier alpha value is -3.86. The number of hydrogen-bond donors (Lipinski definition) is 2. The van der Waals surface area contributed by atoms with E-state index in [2.05, 4.69) is 15.1 Å². The van der Waals surface area contributed by atoms with Gasteiger partial charge >= 0.3 is 12.1 Å². The van der Waals surface area contributed by atoms with Gasteiger partial charge in [0, 0.05) is 49.3 Å². The molecule has 11 heteroatoms. The molecule has 0 saturated carbocycles. The fraction of sp³-hybridized carbons (Fsp3) is 0.292. The number of aromatic nitrogens is 2. The van der Waals surface area contributed by atoms with Crippen LogP contribution in [0.2, 0.25) is 0 Å². The maximum absolute atomic E-state index is 14.3. The maximum atomic E-state index is 14.3. The number of anilines is 1. The number of nitrogens with one attached hydrogen (secondary N) is 1. The van der Waals surface area contributed by atoms with E-state index in [1.54, 1.807) is 12.1 Å². The van der Waals surface area contributed by atoms with Crippen molar-refractivity contribution in [3.05, 3.63) is 71.2 Å². The zero-order valence-corrected chi connectivity index (χ0v) is 18.4. The number of amides is 1. The topological polar surface area (TPSA) is 98.8 Å². The molecule has 0 atom stereocenters. The van der Waals surface area contributed by atoms with Crippen molar-refractivity contribution in [1.29, 1.82) is 0 Å². The molecule has 1 spiro atoms.